The van der Waals surface area contributed by atoms with E-state index >= 15 is 0 Å². The maximum absolute atomic E-state index is 11.1. The Hall–Kier alpha value is -1.10. The number of rotatable bonds is 4. The van der Waals surface area contributed by atoms with Crippen molar-refractivity contribution in [2.75, 3.05) is 6.26 Å². The summed E-state index contributed by atoms with van der Waals surface area (Å²) in [5.41, 5.74) is 0. The van der Waals surface area contributed by atoms with Crippen LogP contribution in [0.2, 0.25) is 0 Å². The third kappa shape index (κ3) is 2.97. The maximum atomic E-state index is 11.1. The highest BCUT2D eigenvalue weighted by atomic mass is 32.2. The van der Waals surface area contributed by atoms with Crippen LogP contribution in [0.4, 0.5) is 5.00 Å². The van der Waals surface area contributed by atoms with E-state index in [2.05, 4.69) is 15.2 Å². The molecule has 0 bridgehead atoms. The Morgan fingerprint density at radius 1 is 1.41 bits per heavy atom. The summed E-state index contributed by atoms with van der Waals surface area (Å²) in [4.78, 5) is 13.9. The van der Waals surface area contributed by atoms with E-state index in [1.807, 2.05) is 0 Å². The van der Waals surface area contributed by atoms with Crippen molar-refractivity contribution in [3.63, 3.8) is 0 Å². The van der Waals surface area contributed by atoms with Gasteiger partial charge in [0.15, 0.2) is 0 Å². The Morgan fingerprint density at radius 3 is 2.71 bits per heavy atom. The van der Waals surface area contributed by atoms with E-state index in [9.17, 15) is 14.7 Å². The summed E-state index contributed by atoms with van der Waals surface area (Å²) in [6.45, 7) is 0. The van der Waals surface area contributed by atoms with Crippen molar-refractivity contribution in [2.45, 2.75) is 10.8 Å². The third-order valence-corrected chi connectivity index (χ3v) is 4.91. The van der Waals surface area contributed by atoms with Crippen LogP contribution < -0.4 is 0 Å². The van der Waals surface area contributed by atoms with Crippen LogP contribution in [-0.2, 0) is 17.6 Å². The van der Waals surface area contributed by atoms with Crippen molar-refractivity contribution < 1.29 is 9.48 Å². The fourth-order valence-electron chi connectivity index (χ4n) is 1.02. The van der Waals surface area contributed by atoms with Crippen LogP contribution in [0.5, 0.6) is 0 Å². The van der Waals surface area contributed by atoms with Crippen LogP contribution in [0.3, 0.4) is 0 Å². The molecule has 0 saturated heterocycles. The predicted octanol–water partition coefficient (Wildman–Crippen LogP) is 1.23. The largest absolute Gasteiger partial charge is 0.610 e. The molecule has 2 aromatic rings. The fourth-order valence-corrected chi connectivity index (χ4v) is 3.34. The average molecular weight is 290 g/mol. The molecule has 7 nitrogen and oxygen atoms in total. The van der Waals surface area contributed by atoms with Crippen molar-refractivity contribution in [3.05, 3.63) is 26.3 Å². The molecule has 0 aliphatic heterocycles. The predicted molar refractivity (Wildman–Crippen MR) is 63.8 cm³/mol. The lowest BCUT2D eigenvalue weighted by Gasteiger charge is -1.94. The summed E-state index contributed by atoms with van der Waals surface area (Å²) in [7, 11) is 0. The summed E-state index contributed by atoms with van der Waals surface area (Å²) >= 11 is 1.09. The molecule has 0 saturated carbocycles. The van der Waals surface area contributed by atoms with Gasteiger partial charge in [0.1, 0.15) is 22.5 Å². The van der Waals surface area contributed by atoms with Gasteiger partial charge in [0.05, 0.1) is 11.3 Å². The molecule has 90 valence electrons. The zero-order valence-electron chi connectivity index (χ0n) is 8.52. The molecule has 0 aliphatic carbocycles. The SMILES string of the molecule is C[S+]([O-])c1nnc(Cc2ncc([N+](=O)[O-])s2)s1. The maximum Gasteiger partial charge on any atom is 0.343 e. The molecular formula is C7H6N4O3S3. The molecule has 0 N–H and O–H groups in total. The molecule has 2 rings (SSSR count). The van der Waals surface area contributed by atoms with Crippen LogP contribution in [0, 0.1) is 10.1 Å². The van der Waals surface area contributed by atoms with E-state index in [1.54, 1.807) is 0 Å². The summed E-state index contributed by atoms with van der Waals surface area (Å²) in [5.74, 6) is 0. The highest BCUT2D eigenvalue weighted by molar-refractivity contribution is 7.92. The molecule has 0 amide bonds. The molecule has 2 heterocycles. The molecule has 1 atom stereocenters. The molecule has 17 heavy (non-hydrogen) atoms. The van der Waals surface area contributed by atoms with E-state index in [-0.39, 0.29) is 5.00 Å². The van der Waals surface area contributed by atoms with E-state index in [0.29, 0.717) is 20.8 Å². The van der Waals surface area contributed by atoms with Crippen molar-refractivity contribution in [3.8, 4) is 0 Å². The fraction of sp³-hybridized carbons (Fsp3) is 0.286. The van der Waals surface area contributed by atoms with Gasteiger partial charge in [-0.05, 0) is 22.7 Å². The lowest BCUT2D eigenvalue weighted by molar-refractivity contribution is -0.380. The Morgan fingerprint density at radius 2 is 2.18 bits per heavy atom. The number of nitro groups is 1. The molecule has 0 aliphatic rings. The van der Waals surface area contributed by atoms with Gasteiger partial charge < -0.3 is 4.55 Å². The molecule has 1 unspecified atom stereocenters. The van der Waals surface area contributed by atoms with Gasteiger partial charge in [0.25, 0.3) is 0 Å². The lowest BCUT2D eigenvalue weighted by atomic mass is 10.5. The molecule has 0 fully saturated rings. The number of thiazole rings is 1. The average Bonchev–Trinajstić information content (AvgIpc) is 2.87. The Kier molecular flexibility index (Phi) is 3.66. The van der Waals surface area contributed by atoms with Crippen molar-refractivity contribution in [1.29, 1.82) is 0 Å². The minimum atomic E-state index is -1.15. The normalized spacial score (nSPS) is 12.6. The number of aromatic nitrogens is 3. The molecule has 0 aromatic carbocycles. The molecule has 2 aromatic heterocycles. The van der Waals surface area contributed by atoms with Gasteiger partial charge in [-0.1, -0.05) is 5.10 Å². The Balaban J connectivity index is 2.11. The second kappa shape index (κ2) is 5.04. The minimum Gasteiger partial charge on any atom is -0.610 e. The van der Waals surface area contributed by atoms with Crippen molar-refractivity contribution in [2.24, 2.45) is 0 Å². The molecule has 10 heteroatoms. The second-order valence-electron chi connectivity index (χ2n) is 2.94. The first-order chi connectivity index (χ1) is 8.06. The third-order valence-electron chi connectivity index (χ3n) is 1.72. The molecule has 0 spiro atoms. The number of nitrogens with zero attached hydrogens (tertiary/aromatic N) is 4. The molecule has 0 radical (unpaired) electrons. The van der Waals surface area contributed by atoms with Crippen LogP contribution in [0.1, 0.15) is 10.0 Å². The van der Waals surface area contributed by atoms with Crippen LogP contribution in [0.15, 0.2) is 10.5 Å². The van der Waals surface area contributed by atoms with E-state index in [1.165, 1.54) is 23.8 Å². The highest BCUT2D eigenvalue weighted by Crippen LogP contribution is 2.24. The zero-order chi connectivity index (χ0) is 12.4. The summed E-state index contributed by atoms with van der Waals surface area (Å²) < 4.78 is 11.6. The highest BCUT2D eigenvalue weighted by Gasteiger charge is 2.16. The summed E-state index contributed by atoms with van der Waals surface area (Å²) in [6.07, 6.45) is 3.13. The van der Waals surface area contributed by atoms with E-state index in [4.69, 9.17) is 0 Å². The summed E-state index contributed by atoms with van der Waals surface area (Å²) in [5, 5.41) is 19.3. The minimum absolute atomic E-state index is 0.00352. The summed E-state index contributed by atoms with van der Waals surface area (Å²) in [6, 6.07) is 0. The van der Waals surface area contributed by atoms with Gasteiger partial charge in [-0.2, -0.15) is 0 Å². The monoisotopic (exact) mass is 290 g/mol. The van der Waals surface area contributed by atoms with Gasteiger partial charge >= 0.3 is 9.34 Å². The molecular weight excluding hydrogens is 284 g/mol. The van der Waals surface area contributed by atoms with E-state index in [0.717, 1.165) is 11.3 Å². The standard InChI is InChI=1S/C7H6N4O3S3/c1-17(14)7-10-9-5(16-7)2-4-8-3-6(15-4)11(12)13/h3H,2H2,1H3. The van der Waals surface area contributed by atoms with Crippen LogP contribution >= 0.6 is 22.7 Å². The van der Waals surface area contributed by atoms with Crippen LogP contribution in [0.25, 0.3) is 0 Å². The zero-order valence-corrected chi connectivity index (χ0v) is 11.0. The number of hydrogen-bond donors (Lipinski definition) is 0. The van der Waals surface area contributed by atoms with E-state index < -0.39 is 16.1 Å². The van der Waals surface area contributed by atoms with Crippen molar-refractivity contribution >= 4 is 38.9 Å². The topological polar surface area (TPSA) is 105 Å². The smallest absolute Gasteiger partial charge is 0.343 e. The van der Waals surface area contributed by atoms with Crippen LogP contribution in [-0.4, -0.2) is 30.9 Å². The van der Waals surface area contributed by atoms with Crippen molar-refractivity contribution in [1.82, 2.24) is 15.2 Å². The van der Waals surface area contributed by atoms with Gasteiger partial charge in [-0.3, -0.25) is 10.1 Å². The Bertz CT molecular complexity index is 538. The Labute approximate surface area is 107 Å². The first-order valence-corrected chi connectivity index (χ1v) is 7.50. The van der Waals surface area contributed by atoms with Gasteiger partial charge in [-0.15, -0.1) is 5.10 Å². The van der Waals surface area contributed by atoms with Gasteiger partial charge in [0.2, 0.25) is 0 Å². The lowest BCUT2D eigenvalue weighted by Crippen LogP contribution is -1.95. The number of hydrogen-bond acceptors (Lipinski definition) is 8. The second-order valence-corrected chi connectivity index (χ2v) is 6.65. The first kappa shape index (κ1) is 12.4. The van der Waals surface area contributed by atoms with Gasteiger partial charge in [-0.25, -0.2) is 4.98 Å². The van der Waals surface area contributed by atoms with Gasteiger partial charge in [0, 0.05) is 11.2 Å². The quantitative estimate of drug-likeness (QED) is 0.476. The first-order valence-electron chi connectivity index (χ1n) is 4.31.